The largest absolute Gasteiger partial charge is 0.449 e. The van der Waals surface area contributed by atoms with Gasteiger partial charge in [-0.1, -0.05) is 31.4 Å². The van der Waals surface area contributed by atoms with Gasteiger partial charge in [0.25, 0.3) is 5.91 Å². The number of esters is 1. The highest BCUT2D eigenvalue weighted by atomic mass is 16.5. The van der Waals surface area contributed by atoms with Gasteiger partial charge in [0, 0.05) is 7.05 Å². The van der Waals surface area contributed by atoms with Crippen LogP contribution in [0.25, 0.3) is 0 Å². The standard InChI is InChI=1S/C19H24N2O4/c1-14(25-18(24)16-8-6-15(12-22)7-9-16)17(23)21(2)19(13-20)10-4-3-5-11-19/h6-9,14,22H,3-5,10-12H2,1-2H3/t14-/m1/s1. The molecule has 1 atom stereocenters. The number of rotatable bonds is 5. The summed E-state index contributed by atoms with van der Waals surface area (Å²) in [6.45, 7) is 1.41. The quantitative estimate of drug-likeness (QED) is 0.828. The van der Waals surface area contributed by atoms with Crippen LogP contribution in [0.5, 0.6) is 0 Å². The van der Waals surface area contributed by atoms with Gasteiger partial charge in [0.15, 0.2) is 6.10 Å². The summed E-state index contributed by atoms with van der Waals surface area (Å²) in [6, 6.07) is 8.64. The summed E-state index contributed by atoms with van der Waals surface area (Å²) >= 11 is 0. The third kappa shape index (κ3) is 4.18. The maximum atomic E-state index is 12.6. The van der Waals surface area contributed by atoms with Crippen molar-refractivity contribution in [3.05, 3.63) is 35.4 Å². The molecular formula is C19H24N2O4. The molecule has 25 heavy (non-hydrogen) atoms. The number of amides is 1. The first-order valence-corrected chi connectivity index (χ1v) is 8.53. The van der Waals surface area contributed by atoms with Gasteiger partial charge in [-0.2, -0.15) is 5.26 Å². The van der Waals surface area contributed by atoms with Crippen molar-refractivity contribution in [3.8, 4) is 6.07 Å². The minimum absolute atomic E-state index is 0.106. The highest BCUT2D eigenvalue weighted by molar-refractivity contribution is 5.92. The molecule has 1 aliphatic carbocycles. The molecule has 0 unspecified atom stereocenters. The minimum Gasteiger partial charge on any atom is -0.449 e. The number of benzene rings is 1. The van der Waals surface area contributed by atoms with E-state index in [9.17, 15) is 14.9 Å². The van der Waals surface area contributed by atoms with Crippen molar-refractivity contribution in [2.45, 2.75) is 57.3 Å². The van der Waals surface area contributed by atoms with E-state index in [1.807, 2.05) is 0 Å². The highest BCUT2D eigenvalue weighted by Crippen LogP contribution is 2.32. The molecule has 0 heterocycles. The maximum Gasteiger partial charge on any atom is 0.338 e. The number of carbonyl (C=O) groups excluding carboxylic acids is 2. The molecule has 0 bridgehead atoms. The summed E-state index contributed by atoms with van der Waals surface area (Å²) in [5.41, 5.74) is 0.194. The lowest BCUT2D eigenvalue weighted by Gasteiger charge is -2.39. The van der Waals surface area contributed by atoms with Crippen LogP contribution in [0, 0.1) is 11.3 Å². The van der Waals surface area contributed by atoms with E-state index in [4.69, 9.17) is 9.84 Å². The van der Waals surface area contributed by atoms with Crippen molar-refractivity contribution < 1.29 is 19.4 Å². The second-order valence-corrected chi connectivity index (χ2v) is 6.50. The van der Waals surface area contributed by atoms with Gasteiger partial charge in [-0.05, 0) is 37.5 Å². The number of nitrogens with zero attached hydrogens (tertiary/aromatic N) is 2. The van der Waals surface area contributed by atoms with E-state index in [0.29, 0.717) is 24.0 Å². The molecule has 1 saturated carbocycles. The normalized spacial score (nSPS) is 17.2. The average Bonchev–Trinajstić information content (AvgIpc) is 2.67. The molecule has 0 spiro atoms. The second kappa shape index (κ2) is 8.13. The number of ether oxygens (including phenoxy) is 1. The van der Waals surface area contributed by atoms with E-state index in [2.05, 4.69) is 6.07 Å². The summed E-state index contributed by atoms with van der Waals surface area (Å²) in [5.74, 6) is -0.975. The lowest BCUT2D eigenvalue weighted by atomic mass is 9.81. The Bertz CT molecular complexity index is 657. The molecular weight excluding hydrogens is 320 g/mol. The monoisotopic (exact) mass is 344 g/mol. The van der Waals surface area contributed by atoms with Gasteiger partial charge < -0.3 is 14.7 Å². The zero-order valence-corrected chi connectivity index (χ0v) is 14.7. The van der Waals surface area contributed by atoms with Gasteiger partial charge in [0.1, 0.15) is 5.54 Å². The number of aliphatic hydroxyl groups excluding tert-OH is 1. The Labute approximate surface area is 148 Å². The Morgan fingerprint density at radius 1 is 1.28 bits per heavy atom. The fourth-order valence-corrected chi connectivity index (χ4v) is 3.17. The van der Waals surface area contributed by atoms with Crippen molar-refractivity contribution in [2.24, 2.45) is 0 Å². The fraction of sp³-hybridized carbons (Fsp3) is 0.526. The van der Waals surface area contributed by atoms with E-state index in [-0.39, 0.29) is 12.5 Å². The molecule has 0 aromatic heterocycles. The molecule has 1 amide bonds. The molecule has 0 radical (unpaired) electrons. The number of hydrogen-bond acceptors (Lipinski definition) is 5. The highest BCUT2D eigenvalue weighted by Gasteiger charge is 2.40. The Balaban J connectivity index is 2.03. The van der Waals surface area contributed by atoms with E-state index < -0.39 is 17.6 Å². The van der Waals surface area contributed by atoms with Gasteiger partial charge in [0.2, 0.25) is 0 Å². The van der Waals surface area contributed by atoms with Crippen LogP contribution in [0.3, 0.4) is 0 Å². The van der Waals surface area contributed by atoms with Crippen LogP contribution in [-0.4, -0.2) is 40.6 Å². The van der Waals surface area contributed by atoms with E-state index >= 15 is 0 Å². The third-order valence-electron chi connectivity index (χ3n) is 4.87. The first-order valence-electron chi connectivity index (χ1n) is 8.53. The van der Waals surface area contributed by atoms with Crippen LogP contribution in [0.15, 0.2) is 24.3 Å². The Morgan fingerprint density at radius 3 is 2.40 bits per heavy atom. The number of likely N-dealkylation sites (N-methyl/N-ethyl adjacent to an activating group) is 1. The molecule has 134 valence electrons. The Hall–Kier alpha value is -2.39. The molecule has 1 aromatic carbocycles. The van der Waals surface area contributed by atoms with E-state index in [0.717, 1.165) is 19.3 Å². The van der Waals surface area contributed by atoms with Gasteiger partial charge in [-0.3, -0.25) is 4.79 Å². The van der Waals surface area contributed by atoms with Crippen molar-refractivity contribution in [1.82, 2.24) is 4.90 Å². The SMILES string of the molecule is C[C@@H](OC(=O)c1ccc(CO)cc1)C(=O)N(C)C1(C#N)CCCCC1. The van der Waals surface area contributed by atoms with Gasteiger partial charge >= 0.3 is 5.97 Å². The molecule has 6 nitrogen and oxygen atoms in total. The van der Waals surface area contributed by atoms with Crippen LogP contribution >= 0.6 is 0 Å². The van der Waals surface area contributed by atoms with Crippen LogP contribution in [0.1, 0.15) is 54.9 Å². The first kappa shape index (κ1) is 18.9. The topological polar surface area (TPSA) is 90.6 Å². The van der Waals surface area contributed by atoms with Crippen molar-refractivity contribution >= 4 is 11.9 Å². The molecule has 6 heteroatoms. The molecule has 0 aliphatic heterocycles. The van der Waals surface area contributed by atoms with Crippen LogP contribution in [0.4, 0.5) is 0 Å². The summed E-state index contributed by atoms with van der Waals surface area (Å²) in [6.07, 6.45) is 3.22. The van der Waals surface area contributed by atoms with E-state index in [1.165, 1.54) is 11.8 Å². The van der Waals surface area contributed by atoms with Crippen molar-refractivity contribution in [1.29, 1.82) is 5.26 Å². The van der Waals surface area contributed by atoms with Crippen LogP contribution < -0.4 is 0 Å². The summed E-state index contributed by atoms with van der Waals surface area (Å²) in [5, 5.41) is 18.6. The number of hydrogen-bond donors (Lipinski definition) is 1. The molecule has 2 rings (SSSR count). The smallest absolute Gasteiger partial charge is 0.338 e. The zero-order valence-electron chi connectivity index (χ0n) is 14.7. The predicted molar refractivity (Wildman–Crippen MR) is 91.4 cm³/mol. The Kier molecular flexibility index (Phi) is 6.16. The van der Waals surface area contributed by atoms with Gasteiger partial charge in [-0.15, -0.1) is 0 Å². The molecule has 1 aliphatic rings. The molecule has 1 N–H and O–H groups in total. The minimum atomic E-state index is -0.970. The molecule has 1 fully saturated rings. The molecule has 1 aromatic rings. The predicted octanol–water partition coefficient (Wildman–Crippen LogP) is 2.41. The Morgan fingerprint density at radius 2 is 1.88 bits per heavy atom. The second-order valence-electron chi connectivity index (χ2n) is 6.50. The summed E-state index contributed by atoms with van der Waals surface area (Å²) in [7, 11) is 1.61. The average molecular weight is 344 g/mol. The maximum absolute atomic E-state index is 12.6. The molecule has 0 saturated heterocycles. The number of nitriles is 1. The van der Waals surface area contributed by atoms with Crippen LogP contribution in [-0.2, 0) is 16.1 Å². The lowest BCUT2D eigenvalue weighted by molar-refractivity contribution is -0.143. The lowest BCUT2D eigenvalue weighted by Crippen LogP contribution is -2.53. The van der Waals surface area contributed by atoms with E-state index in [1.54, 1.807) is 31.3 Å². The number of aliphatic hydroxyl groups is 1. The third-order valence-corrected chi connectivity index (χ3v) is 4.87. The van der Waals surface area contributed by atoms with Gasteiger partial charge in [0.05, 0.1) is 18.2 Å². The fourth-order valence-electron chi connectivity index (χ4n) is 3.17. The number of carbonyl (C=O) groups is 2. The summed E-state index contributed by atoms with van der Waals surface area (Å²) in [4.78, 5) is 26.3. The van der Waals surface area contributed by atoms with Crippen LogP contribution in [0.2, 0.25) is 0 Å². The zero-order chi connectivity index (χ0) is 18.4. The van der Waals surface area contributed by atoms with Crippen molar-refractivity contribution in [2.75, 3.05) is 7.05 Å². The van der Waals surface area contributed by atoms with Crippen molar-refractivity contribution in [3.63, 3.8) is 0 Å². The summed E-state index contributed by atoms with van der Waals surface area (Å²) < 4.78 is 5.27. The first-order chi connectivity index (χ1) is 11.9. The van der Waals surface area contributed by atoms with Gasteiger partial charge in [-0.25, -0.2) is 4.79 Å².